The molecular weight excluding hydrogens is 484 g/mol. The highest BCUT2D eigenvalue weighted by Gasteiger charge is 2.49. The topological polar surface area (TPSA) is 93.2 Å². The second kappa shape index (κ2) is 9.13. The Bertz CT molecular complexity index is 1400. The smallest absolute Gasteiger partial charge is 0.409 e. The van der Waals surface area contributed by atoms with E-state index in [1.165, 1.54) is 17.0 Å². The molecule has 3 aromatic rings. The quantitative estimate of drug-likeness (QED) is 0.458. The van der Waals surface area contributed by atoms with Gasteiger partial charge in [-0.2, -0.15) is 0 Å². The van der Waals surface area contributed by atoms with Crippen molar-refractivity contribution < 1.29 is 28.8 Å². The van der Waals surface area contributed by atoms with Gasteiger partial charge in [-0.25, -0.2) is 9.59 Å². The normalized spacial score (nSPS) is 19.8. The molecule has 0 spiro atoms. The van der Waals surface area contributed by atoms with E-state index in [-0.39, 0.29) is 30.2 Å². The van der Waals surface area contributed by atoms with E-state index in [2.05, 4.69) is 24.3 Å². The Balaban J connectivity index is 1.12. The van der Waals surface area contributed by atoms with Gasteiger partial charge in [0.2, 0.25) is 0 Å². The Morgan fingerprint density at radius 3 is 1.92 bits per heavy atom. The van der Waals surface area contributed by atoms with E-state index in [1.807, 2.05) is 31.2 Å². The summed E-state index contributed by atoms with van der Waals surface area (Å²) in [6.07, 6.45) is 0.216. The van der Waals surface area contributed by atoms with Crippen molar-refractivity contribution in [2.24, 2.45) is 5.41 Å². The monoisotopic (exact) mass is 510 g/mol. The molecule has 0 N–H and O–H groups in total. The van der Waals surface area contributed by atoms with E-state index >= 15 is 0 Å². The van der Waals surface area contributed by atoms with E-state index in [9.17, 15) is 19.2 Å². The molecule has 1 atom stereocenters. The van der Waals surface area contributed by atoms with Crippen LogP contribution in [0, 0.1) is 5.41 Å². The Morgan fingerprint density at radius 2 is 1.37 bits per heavy atom. The zero-order valence-corrected chi connectivity index (χ0v) is 20.9. The highest BCUT2D eigenvalue weighted by molar-refractivity contribution is 6.21. The van der Waals surface area contributed by atoms with Crippen LogP contribution in [-0.2, 0) is 14.4 Å². The Hall–Kier alpha value is -4.46. The fourth-order valence-electron chi connectivity index (χ4n) is 5.74. The second-order valence-electron chi connectivity index (χ2n) is 9.94. The van der Waals surface area contributed by atoms with Crippen LogP contribution in [-0.4, -0.2) is 53.5 Å². The number of imide groups is 1. The maximum absolute atomic E-state index is 13.3. The summed E-state index contributed by atoms with van der Waals surface area (Å²) in [5.74, 6) is -2.11. The molecule has 192 valence electrons. The molecule has 0 saturated carbocycles. The molecule has 3 aliphatic rings. The molecule has 1 unspecified atom stereocenters. The van der Waals surface area contributed by atoms with Gasteiger partial charge in [0.05, 0.1) is 16.5 Å². The summed E-state index contributed by atoms with van der Waals surface area (Å²) in [6.45, 7) is 2.40. The number of fused-ring (bicyclic) bond motifs is 4. The standard InChI is InChI=1S/C30H26N2O6/c1-2-30(28(35)38-32-26(33)23-13-7-8-14-24(23)27(32)34)15-16-31(18-30)29(36)37-17-25-21-11-5-3-9-19(21)20-10-4-6-12-22(20)25/h3-14,25H,2,15-18H2,1H3. The minimum Gasteiger partial charge on any atom is -0.448 e. The lowest BCUT2D eigenvalue weighted by Gasteiger charge is -2.27. The third-order valence-corrected chi connectivity index (χ3v) is 7.99. The van der Waals surface area contributed by atoms with Crippen molar-refractivity contribution in [3.05, 3.63) is 95.1 Å². The average molecular weight is 511 g/mol. The van der Waals surface area contributed by atoms with Gasteiger partial charge < -0.3 is 14.5 Å². The van der Waals surface area contributed by atoms with Crippen LogP contribution in [0.3, 0.4) is 0 Å². The molecule has 2 aliphatic heterocycles. The number of amides is 3. The SMILES string of the molecule is CCC1(C(=O)ON2C(=O)c3ccccc3C2=O)CCN(C(=O)OCC2c3ccccc3-c3ccccc32)C1. The molecule has 1 fully saturated rings. The zero-order valence-electron chi connectivity index (χ0n) is 20.9. The molecule has 8 heteroatoms. The summed E-state index contributed by atoms with van der Waals surface area (Å²) in [4.78, 5) is 58.5. The summed E-state index contributed by atoms with van der Waals surface area (Å²) in [5.41, 5.74) is 3.88. The van der Waals surface area contributed by atoms with E-state index in [0.717, 1.165) is 22.3 Å². The van der Waals surface area contributed by atoms with Gasteiger partial charge in [-0.3, -0.25) is 9.59 Å². The summed E-state index contributed by atoms with van der Waals surface area (Å²) < 4.78 is 5.77. The minimum atomic E-state index is -1.04. The second-order valence-corrected chi connectivity index (χ2v) is 9.94. The minimum absolute atomic E-state index is 0.0660. The summed E-state index contributed by atoms with van der Waals surface area (Å²) >= 11 is 0. The highest BCUT2D eigenvalue weighted by atomic mass is 16.7. The molecule has 6 rings (SSSR count). The van der Waals surface area contributed by atoms with Crippen LogP contribution in [0.2, 0.25) is 0 Å². The van der Waals surface area contributed by atoms with Gasteiger partial charge in [0.15, 0.2) is 0 Å². The van der Waals surface area contributed by atoms with Crippen molar-refractivity contribution in [1.82, 2.24) is 9.96 Å². The predicted molar refractivity (Wildman–Crippen MR) is 137 cm³/mol. The Labute approximate surface area is 219 Å². The lowest BCUT2D eigenvalue weighted by Crippen LogP contribution is -2.42. The van der Waals surface area contributed by atoms with Crippen LogP contribution in [0.15, 0.2) is 72.8 Å². The molecule has 1 saturated heterocycles. The van der Waals surface area contributed by atoms with Crippen molar-refractivity contribution in [1.29, 1.82) is 0 Å². The first-order chi connectivity index (χ1) is 18.4. The van der Waals surface area contributed by atoms with Crippen LogP contribution in [0.5, 0.6) is 0 Å². The highest BCUT2D eigenvalue weighted by Crippen LogP contribution is 2.45. The third kappa shape index (κ3) is 3.67. The number of benzene rings is 3. The molecular formula is C30H26N2O6. The summed E-state index contributed by atoms with van der Waals surface area (Å²) in [7, 11) is 0. The average Bonchev–Trinajstić information content (AvgIpc) is 3.61. The lowest BCUT2D eigenvalue weighted by molar-refractivity contribution is -0.180. The number of ether oxygens (including phenoxy) is 1. The van der Waals surface area contributed by atoms with Crippen LogP contribution in [0.4, 0.5) is 4.79 Å². The van der Waals surface area contributed by atoms with Gasteiger partial charge in [-0.1, -0.05) is 72.7 Å². The number of likely N-dealkylation sites (tertiary alicyclic amines) is 1. The van der Waals surface area contributed by atoms with Crippen LogP contribution in [0.25, 0.3) is 11.1 Å². The van der Waals surface area contributed by atoms with Crippen molar-refractivity contribution in [2.45, 2.75) is 25.7 Å². The molecule has 2 heterocycles. The van der Waals surface area contributed by atoms with E-state index in [4.69, 9.17) is 9.57 Å². The molecule has 3 amide bonds. The summed E-state index contributed by atoms with van der Waals surface area (Å²) in [5, 5.41) is 0.528. The zero-order chi connectivity index (χ0) is 26.4. The van der Waals surface area contributed by atoms with Gasteiger partial charge in [0.25, 0.3) is 11.8 Å². The molecule has 38 heavy (non-hydrogen) atoms. The number of hydrogen-bond acceptors (Lipinski definition) is 6. The maximum atomic E-state index is 13.3. The predicted octanol–water partition coefficient (Wildman–Crippen LogP) is 4.79. The molecule has 3 aromatic carbocycles. The molecule has 1 aliphatic carbocycles. The van der Waals surface area contributed by atoms with Crippen molar-refractivity contribution in [3.63, 3.8) is 0 Å². The first-order valence-electron chi connectivity index (χ1n) is 12.7. The fraction of sp³-hybridized carbons (Fsp3) is 0.267. The van der Waals surface area contributed by atoms with E-state index < -0.39 is 29.3 Å². The first kappa shape index (κ1) is 23.9. The molecule has 8 nitrogen and oxygen atoms in total. The largest absolute Gasteiger partial charge is 0.448 e. The maximum Gasteiger partial charge on any atom is 0.409 e. The number of hydrogen-bond donors (Lipinski definition) is 0. The Kier molecular flexibility index (Phi) is 5.75. The number of nitrogens with zero attached hydrogens (tertiary/aromatic N) is 2. The van der Waals surface area contributed by atoms with E-state index in [1.54, 1.807) is 12.1 Å². The number of rotatable bonds is 5. The van der Waals surface area contributed by atoms with Crippen molar-refractivity contribution in [3.8, 4) is 11.1 Å². The van der Waals surface area contributed by atoms with Crippen molar-refractivity contribution >= 4 is 23.9 Å². The lowest BCUT2D eigenvalue weighted by atomic mass is 9.84. The number of carbonyl (C=O) groups excluding carboxylic acids is 4. The van der Waals surface area contributed by atoms with Gasteiger partial charge >= 0.3 is 12.1 Å². The van der Waals surface area contributed by atoms with Gasteiger partial charge in [0.1, 0.15) is 6.61 Å². The summed E-state index contributed by atoms with van der Waals surface area (Å²) in [6, 6.07) is 22.6. The number of hydroxylamine groups is 2. The van der Waals surface area contributed by atoms with Crippen LogP contribution >= 0.6 is 0 Å². The molecule has 0 radical (unpaired) electrons. The first-order valence-corrected chi connectivity index (χ1v) is 12.7. The van der Waals surface area contributed by atoms with Gasteiger partial charge in [-0.05, 0) is 47.2 Å². The van der Waals surface area contributed by atoms with Crippen molar-refractivity contribution in [2.75, 3.05) is 19.7 Å². The molecule has 0 aromatic heterocycles. The fourth-order valence-corrected chi connectivity index (χ4v) is 5.74. The number of carbonyl (C=O) groups is 4. The molecule has 0 bridgehead atoms. The van der Waals surface area contributed by atoms with Gasteiger partial charge in [-0.15, -0.1) is 0 Å². The van der Waals surface area contributed by atoms with Crippen LogP contribution in [0.1, 0.15) is 57.5 Å². The van der Waals surface area contributed by atoms with Crippen LogP contribution < -0.4 is 0 Å². The van der Waals surface area contributed by atoms with E-state index in [0.29, 0.717) is 24.4 Å². The Morgan fingerprint density at radius 1 is 0.842 bits per heavy atom. The third-order valence-electron chi connectivity index (χ3n) is 7.99. The van der Waals surface area contributed by atoms with Gasteiger partial charge in [0, 0.05) is 19.0 Å².